The molecule has 0 amide bonds. The molecule has 1 aliphatic rings. The van der Waals surface area contributed by atoms with Gasteiger partial charge in [0.25, 0.3) is 0 Å². The molecule has 2 nitrogen and oxygen atoms in total. The lowest BCUT2D eigenvalue weighted by molar-refractivity contribution is 0.413. The minimum absolute atomic E-state index is 0.365. The van der Waals surface area contributed by atoms with Gasteiger partial charge in [-0.15, -0.1) is 0 Å². The molecule has 0 saturated carbocycles. The third-order valence-corrected chi connectivity index (χ3v) is 4.02. The molecule has 0 radical (unpaired) electrons. The Morgan fingerprint density at radius 1 is 1.16 bits per heavy atom. The zero-order valence-corrected chi connectivity index (χ0v) is 11.3. The van der Waals surface area contributed by atoms with Gasteiger partial charge in [0.15, 0.2) is 0 Å². The second-order valence-electron chi connectivity index (χ2n) is 5.38. The van der Waals surface area contributed by atoms with Crippen LogP contribution >= 0.6 is 0 Å². The first-order valence-electron chi connectivity index (χ1n) is 7.05. The van der Waals surface area contributed by atoms with Crippen LogP contribution in [0.25, 0.3) is 0 Å². The van der Waals surface area contributed by atoms with Crippen molar-refractivity contribution in [2.45, 2.75) is 38.3 Å². The van der Waals surface area contributed by atoms with Gasteiger partial charge in [0.2, 0.25) is 0 Å². The summed E-state index contributed by atoms with van der Waals surface area (Å²) >= 11 is 0. The molecule has 0 aliphatic heterocycles. The van der Waals surface area contributed by atoms with E-state index < -0.39 is 0 Å². The number of pyridine rings is 1. The SMILES string of the molecule is C[C@H](NC1CCc2ccccc2C1)c1cccnc1. The zero-order chi connectivity index (χ0) is 13.1. The quantitative estimate of drug-likeness (QED) is 0.906. The summed E-state index contributed by atoms with van der Waals surface area (Å²) in [5.41, 5.74) is 4.29. The van der Waals surface area contributed by atoms with Crippen LogP contribution in [-0.2, 0) is 12.8 Å². The van der Waals surface area contributed by atoms with Crippen LogP contribution in [0.3, 0.4) is 0 Å². The molecule has 1 aliphatic carbocycles. The Bertz CT molecular complexity index is 536. The molecule has 0 bridgehead atoms. The number of rotatable bonds is 3. The van der Waals surface area contributed by atoms with Crippen LogP contribution in [0.4, 0.5) is 0 Å². The van der Waals surface area contributed by atoms with E-state index in [-0.39, 0.29) is 0 Å². The Balaban J connectivity index is 1.66. The lowest BCUT2D eigenvalue weighted by atomic mass is 9.88. The summed E-state index contributed by atoms with van der Waals surface area (Å²) in [5.74, 6) is 0. The highest BCUT2D eigenvalue weighted by atomic mass is 14.9. The summed E-state index contributed by atoms with van der Waals surface area (Å²) in [6.07, 6.45) is 7.33. The molecule has 0 fully saturated rings. The van der Waals surface area contributed by atoms with E-state index in [2.05, 4.69) is 47.6 Å². The van der Waals surface area contributed by atoms with Crippen molar-refractivity contribution in [2.24, 2.45) is 0 Å². The molecular weight excluding hydrogens is 232 g/mol. The number of aryl methyl sites for hydroxylation is 1. The van der Waals surface area contributed by atoms with Crippen LogP contribution in [0.1, 0.15) is 36.1 Å². The van der Waals surface area contributed by atoms with Crippen LogP contribution in [0.15, 0.2) is 48.8 Å². The number of fused-ring (bicyclic) bond motifs is 1. The standard InChI is InChI=1S/C17H20N2/c1-13(16-7-4-10-18-12-16)19-17-9-8-14-5-2-3-6-15(14)11-17/h2-7,10,12-13,17,19H,8-9,11H2,1H3/t13-,17?/m0/s1. The number of aromatic nitrogens is 1. The fourth-order valence-electron chi connectivity index (χ4n) is 2.92. The Morgan fingerprint density at radius 3 is 2.79 bits per heavy atom. The van der Waals surface area contributed by atoms with E-state index in [4.69, 9.17) is 0 Å². The molecule has 1 unspecified atom stereocenters. The first kappa shape index (κ1) is 12.4. The molecule has 1 aromatic carbocycles. The highest BCUT2D eigenvalue weighted by molar-refractivity contribution is 5.30. The summed E-state index contributed by atoms with van der Waals surface area (Å²) in [5, 5.41) is 3.74. The van der Waals surface area contributed by atoms with Gasteiger partial charge in [-0.3, -0.25) is 4.98 Å². The van der Waals surface area contributed by atoms with Gasteiger partial charge in [0.1, 0.15) is 0 Å². The van der Waals surface area contributed by atoms with E-state index in [1.807, 2.05) is 18.5 Å². The van der Waals surface area contributed by atoms with Crippen LogP contribution < -0.4 is 5.32 Å². The Hall–Kier alpha value is -1.67. The van der Waals surface area contributed by atoms with Gasteiger partial charge in [-0.1, -0.05) is 30.3 Å². The molecule has 2 heteroatoms. The van der Waals surface area contributed by atoms with Gasteiger partial charge in [0, 0.05) is 24.5 Å². The van der Waals surface area contributed by atoms with E-state index in [1.165, 1.54) is 29.5 Å². The highest BCUT2D eigenvalue weighted by Gasteiger charge is 2.19. The molecule has 98 valence electrons. The summed E-state index contributed by atoms with van der Waals surface area (Å²) in [7, 11) is 0. The van der Waals surface area contributed by atoms with Crippen LogP contribution in [-0.4, -0.2) is 11.0 Å². The Morgan fingerprint density at radius 2 is 2.00 bits per heavy atom. The molecule has 1 heterocycles. The number of benzene rings is 1. The molecule has 2 aromatic rings. The maximum atomic E-state index is 4.19. The average molecular weight is 252 g/mol. The second kappa shape index (κ2) is 5.54. The maximum Gasteiger partial charge on any atom is 0.0315 e. The van der Waals surface area contributed by atoms with Gasteiger partial charge in [-0.25, -0.2) is 0 Å². The lowest BCUT2D eigenvalue weighted by Gasteiger charge is -2.28. The van der Waals surface area contributed by atoms with Crippen molar-refractivity contribution in [2.75, 3.05) is 0 Å². The summed E-state index contributed by atoms with van der Waals surface area (Å²) in [4.78, 5) is 4.19. The van der Waals surface area contributed by atoms with Crippen molar-refractivity contribution < 1.29 is 0 Å². The maximum absolute atomic E-state index is 4.19. The predicted molar refractivity (Wildman–Crippen MR) is 78.0 cm³/mol. The van der Waals surface area contributed by atoms with Gasteiger partial charge in [-0.05, 0) is 48.9 Å². The van der Waals surface area contributed by atoms with E-state index in [9.17, 15) is 0 Å². The van der Waals surface area contributed by atoms with Gasteiger partial charge in [-0.2, -0.15) is 0 Å². The second-order valence-corrected chi connectivity index (χ2v) is 5.38. The van der Waals surface area contributed by atoms with E-state index >= 15 is 0 Å². The molecule has 1 aromatic heterocycles. The van der Waals surface area contributed by atoms with Crippen molar-refractivity contribution in [3.05, 3.63) is 65.5 Å². The summed E-state index contributed by atoms with van der Waals surface area (Å²) in [6.45, 7) is 2.22. The molecule has 2 atom stereocenters. The zero-order valence-electron chi connectivity index (χ0n) is 11.3. The molecule has 19 heavy (non-hydrogen) atoms. The number of hydrogen-bond acceptors (Lipinski definition) is 2. The normalized spacial score (nSPS) is 19.7. The topological polar surface area (TPSA) is 24.9 Å². The fraction of sp³-hybridized carbons (Fsp3) is 0.353. The number of hydrogen-bond donors (Lipinski definition) is 1. The molecule has 1 N–H and O–H groups in total. The van der Waals surface area contributed by atoms with Crippen molar-refractivity contribution in [3.8, 4) is 0 Å². The third kappa shape index (κ3) is 2.85. The first-order chi connectivity index (χ1) is 9.33. The van der Waals surface area contributed by atoms with Crippen LogP contribution in [0, 0.1) is 0 Å². The van der Waals surface area contributed by atoms with E-state index in [0.717, 1.165) is 6.42 Å². The number of nitrogens with zero attached hydrogens (tertiary/aromatic N) is 1. The lowest BCUT2D eigenvalue weighted by Crippen LogP contribution is -2.36. The molecule has 0 saturated heterocycles. The van der Waals surface area contributed by atoms with Gasteiger partial charge >= 0.3 is 0 Å². The van der Waals surface area contributed by atoms with Crippen molar-refractivity contribution >= 4 is 0 Å². The monoisotopic (exact) mass is 252 g/mol. The van der Waals surface area contributed by atoms with E-state index in [1.54, 1.807) is 0 Å². The van der Waals surface area contributed by atoms with Crippen molar-refractivity contribution in [3.63, 3.8) is 0 Å². The Kier molecular flexibility index (Phi) is 3.60. The average Bonchev–Trinajstić information content (AvgIpc) is 2.48. The van der Waals surface area contributed by atoms with Crippen LogP contribution in [0.2, 0.25) is 0 Å². The van der Waals surface area contributed by atoms with E-state index in [0.29, 0.717) is 12.1 Å². The molecule has 3 rings (SSSR count). The molecular formula is C17H20N2. The third-order valence-electron chi connectivity index (χ3n) is 4.02. The fourth-order valence-corrected chi connectivity index (χ4v) is 2.92. The predicted octanol–water partition coefficient (Wildman–Crippen LogP) is 3.29. The van der Waals surface area contributed by atoms with Gasteiger partial charge < -0.3 is 5.32 Å². The minimum Gasteiger partial charge on any atom is -0.307 e. The highest BCUT2D eigenvalue weighted by Crippen LogP contribution is 2.23. The van der Waals surface area contributed by atoms with Gasteiger partial charge in [0.05, 0.1) is 0 Å². The summed E-state index contributed by atoms with van der Waals surface area (Å²) in [6, 6.07) is 13.9. The van der Waals surface area contributed by atoms with Crippen LogP contribution in [0.5, 0.6) is 0 Å². The number of nitrogens with one attached hydrogen (secondary N) is 1. The Labute approximate surface area is 114 Å². The van der Waals surface area contributed by atoms with Crippen molar-refractivity contribution in [1.29, 1.82) is 0 Å². The minimum atomic E-state index is 0.365. The first-order valence-corrected chi connectivity index (χ1v) is 7.05. The largest absolute Gasteiger partial charge is 0.307 e. The van der Waals surface area contributed by atoms with Crippen molar-refractivity contribution in [1.82, 2.24) is 10.3 Å². The smallest absolute Gasteiger partial charge is 0.0315 e. The summed E-state index contributed by atoms with van der Waals surface area (Å²) < 4.78 is 0. The molecule has 0 spiro atoms.